The zero-order valence-electron chi connectivity index (χ0n) is 12.5. The number of rotatable bonds is 7. The van der Waals surface area contributed by atoms with Crippen molar-refractivity contribution in [3.8, 4) is 0 Å². The van der Waals surface area contributed by atoms with Gasteiger partial charge in [-0.2, -0.15) is 0 Å². The van der Waals surface area contributed by atoms with Gasteiger partial charge in [0.1, 0.15) is 11.3 Å². The maximum absolute atomic E-state index is 6.21. The third-order valence-corrected chi connectivity index (χ3v) is 3.48. The zero-order chi connectivity index (χ0) is 15.4. The van der Waals surface area contributed by atoms with E-state index >= 15 is 0 Å². The summed E-state index contributed by atoms with van der Waals surface area (Å²) in [5.74, 6) is 0.789. The lowest BCUT2D eigenvalue weighted by Crippen LogP contribution is -2.19. The van der Waals surface area contributed by atoms with Crippen LogP contribution < -0.4 is 0 Å². The molecule has 0 aliphatic carbocycles. The van der Waals surface area contributed by atoms with Crippen LogP contribution in [-0.2, 0) is 11.3 Å². The van der Waals surface area contributed by atoms with Crippen LogP contribution in [0.5, 0.6) is 0 Å². The molecule has 2 aromatic rings. The molecule has 0 saturated carbocycles. The number of halogens is 2. The molecule has 5 nitrogen and oxygen atoms in total. The van der Waals surface area contributed by atoms with Gasteiger partial charge in [-0.15, -0.1) is 11.6 Å². The number of alkyl halides is 1. The van der Waals surface area contributed by atoms with Gasteiger partial charge in [-0.05, 0) is 27.1 Å². The van der Waals surface area contributed by atoms with Crippen molar-refractivity contribution >= 4 is 34.4 Å². The summed E-state index contributed by atoms with van der Waals surface area (Å²) in [5, 5.41) is 0.378. The highest BCUT2D eigenvalue weighted by Crippen LogP contribution is 2.24. The molecule has 2 heterocycles. The number of hydrogen-bond donors (Lipinski definition) is 0. The van der Waals surface area contributed by atoms with Crippen LogP contribution in [0.25, 0.3) is 11.2 Å². The SMILES string of the molecule is CC(Cl)c1nc2cc(Cl)cnc2n1CCOCCN(C)C. The van der Waals surface area contributed by atoms with Gasteiger partial charge in [0.05, 0.1) is 23.6 Å². The second kappa shape index (κ2) is 7.40. The first-order valence-corrected chi connectivity index (χ1v) is 7.68. The van der Waals surface area contributed by atoms with E-state index in [9.17, 15) is 0 Å². The van der Waals surface area contributed by atoms with Crippen LogP contribution in [0.15, 0.2) is 12.3 Å². The van der Waals surface area contributed by atoms with E-state index in [1.54, 1.807) is 12.3 Å². The van der Waals surface area contributed by atoms with E-state index in [0.29, 0.717) is 24.8 Å². The van der Waals surface area contributed by atoms with E-state index in [1.807, 2.05) is 25.6 Å². The molecule has 0 spiro atoms. The maximum atomic E-state index is 6.21. The molecule has 21 heavy (non-hydrogen) atoms. The number of fused-ring (bicyclic) bond motifs is 1. The standard InChI is InChI=1S/C14H20Cl2N4O/c1-10(15)13-18-12-8-11(16)9-17-14(12)20(13)5-7-21-6-4-19(2)3/h8-10H,4-7H2,1-3H3. The number of likely N-dealkylation sites (N-methyl/N-ethyl adjacent to an activating group) is 1. The summed E-state index contributed by atoms with van der Waals surface area (Å²) in [5.41, 5.74) is 1.55. The predicted octanol–water partition coefficient (Wildman–Crippen LogP) is 2.96. The van der Waals surface area contributed by atoms with Crippen LogP contribution >= 0.6 is 23.2 Å². The second-order valence-electron chi connectivity index (χ2n) is 5.15. The lowest BCUT2D eigenvalue weighted by molar-refractivity contribution is 0.111. The van der Waals surface area contributed by atoms with Gasteiger partial charge in [0.2, 0.25) is 0 Å². The molecule has 0 aliphatic heterocycles. The fourth-order valence-corrected chi connectivity index (χ4v) is 2.35. The van der Waals surface area contributed by atoms with E-state index in [-0.39, 0.29) is 5.38 Å². The molecular formula is C14H20Cl2N4O. The average molecular weight is 331 g/mol. The molecule has 1 unspecified atom stereocenters. The summed E-state index contributed by atoms with van der Waals surface area (Å²) < 4.78 is 7.64. The number of aromatic nitrogens is 3. The van der Waals surface area contributed by atoms with Crippen molar-refractivity contribution in [2.75, 3.05) is 33.9 Å². The van der Waals surface area contributed by atoms with E-state index < -0.39 is 0 Å². The van der Waals surface area contributed by atoms with E-state index in [1.165, 1.54) is 0 Å². The first-order valence-electron chi connectivity index (χ1n) is 6.87. The van der Waals surface area contributed by atoms with Crippen LogP contribution in [0, 0.1) is 0 Å². The van der Waals surface area contributed by atoms with Crippen molar-refractivity contribution < 1.29 is 4.74 Å². The van der Waals surface area contributed by atoms with Crippen LogP contribution in [0.3, 0.4) is 0 Å². The molecule has 1 atom stereocenters. The van der Waals surface area contributed by atoms with Crippen molar-refractivity contribution in [2.45, 2.75) is 18.8 Å². The van der Waals surface area contributed by atoms with Crippen molar-refractivity contribution in [3.05, 3.63) is 23.1 Å². The fourth-order valence-electron chi connectivity index (χ4n) is 2.03. The molecule has 116 valence electrons. The molecular weight excluding hydrogens is 311 g/mol. The summed E-state index contributed by atoms with van der Waals surface area (Å²) in [6, 6.07) is 1.80. The van der Waals surface area contributed by atoms with Gasteiger partial charge >= 0.3 is 0 Å². The lowest BCUT2D eigenvalue weighted by atomic mass is 10.4. The van der Waals surface area contributed by atoms with Gasteiger partial charge in [0.25, 0.3) is 0 Å². The largest absolute Gasteiger partial charge is 0.378 e. The molecule has 0 aromatic carbocycles. The third-order valence-electron chi connectivity index (χ3n) is 3.08. The van der Waals surface area contributed by atoms with Gasteiger partial charge in [-0.25, -0.2) is 9.97 Å². The predicted molar refractivity (Wildman–Crippen MR) is 86.2 cm³/mol. The first-order chi connectivity index (χ1) is 9.99. The molecule has 7 heteroatoms. The summed E-state index contributed by atoms with van der Waals surface area (Å²) in [7, 11) is 4.04. The minimum absolute atomic E-state index is 0.195. The van der Waals surface area contributed by atoms with Gasteiger partial charge in [-0.3, -0.25) is 0 Å². The first kappa shape index (κ1) is 16.5. The smallest absolute Gasteiger partial charge is 0.160 e. The summed E-state index contributed by atoms with van der Waals surface area (Å²) in [6.07, 6.45) is 1.62. The molecule has 0 radical (unpaired) electrons. The monoisotopic (exact) mass is 330 g/mol. The van der Waals surface area contributed by atoms with Crippen LogP contribution in [0.2, 0.25) is 5.02 Å². The van der Waals surface area contributed by atoms with Gasteiger partial charge in [-0.1, -0.05) is 11.6 Å². The molecule has 0 saturated heterocycles. The molecule has 0 bridgehead atoms. The Morgan fingerprint density at radius 1 is 1.38 bits per heavy atom. The van der Waals surface area contributed by atoms with Crippen LogP contribution in [0.1, 0.15) is 18.1 Å². The Balaban J connectivity index is 2.11. The quantitative estimate of drug-likeness (QED) is 0.578. The Kier molecular flexibility index (Phi) is 5.81. The minimum atomic E-state index is -0.195. The van der Waals surface area contributed by atoms with Crippen molar-refractivity contribution in [1.29, 1.82) is 0 Å². The molecule has 0 aliphatic rings. The summed E-state index contributed by atoms with van der Waals surface area (Å²) >= 11 is 12.2. The molecule has 0 fully saturated rings. The topological polar surface area (TPSA) is 43.2 Å². The van der Waals surface area contributed by atoms with E-state index in [0.717, 1.165) is 23.5 Å². The molecule has 2 rings (SSSR count). The molecule has 0 N–H and O–H groups in total. The highest BCUT2D eigenvalue weighted by Gasteiger charge is 2.16. The summed E-state index contributed by atoms with van der Waals surface area (Å²) in [6.45, 7) is 4.76. The van der Waals surface area contributed by atoms with Crippen LogP contribution in [-0.4, -0.2) is 53.3 Å². The number of ether oxygens (including phenoxy) is 1. The van der Waals surface area contributed by atoms with Crippen molar-refractivity contribution in [2.24, 2.45) is 0 Å². The zero-order valence-corrected chi connectivity index (χ0v) is 14.0. The number of hydrogen-bond acceptors (Lipinski definition) is 4. The van der Waals surface area contributed by atoms with Crippen molar-refractivity contribution in [1.82, 2.24) is 19.4 Å². The van der Waals surface area contributed by atoms with Gasteiger partial charge in [0, 0.05) is 19.3 Å². The maximum Gasteiger partial charge on any atom is 0.160 e. The number of imidazole rings is 1. The second-order valence-corrected chi connectivity index (χ2v) is 6.24. The molecule has 2 aromatic heterocycles. The van der Waals surface area contributed by atoms with Crippen molar-refractivity contribution in [3.63, 3.8) is 0 Å². The van der Waals surface area contributed by atoms with Gasteiger partial charge in [0.15, 0.2) is 5.65 Å². The Bertz CT molecular complexity index is 598. The highest BCUT2D eigenvalue weighted by molar-refractivity contribution is 6.31. The Morgan fingerprint density at radius 3 is 2.81 bits per heavy atom. The number of pyridine rings is 1. The third kappa shape index (κ3) is 4.30. The fraction of sp³-hybridized carbons (Fsp3) is 0.571. The molecule has 0 amide bonds. The number of nitrogens with zero attached hydrogens (tertiary/aromatic N) is 4. The van der Waals surface area contributed by atoms with E-state index in [4.69, 9.17) is 27.9 Å². The minimum Gasteiger partial charge on any atom is -0.378 e. The lowest BCUT2D eigenvalue weighted by Gasteiger charge is -2.12. The Morgan fingerprint density at radius 2 is 2.14 bits per heavy atom. The Labute approximate surface area is 134 Å². The highest BCUT2D eigenvalue weighted by atomic mass is 35.5. The van der Waals surface area contributed by atoms with E-state index in [2.05, 4.69) is 14.9 Å². The summed E-state index contributed by atoms with van der Waals surface area (Å²) in [4.78, 5) is 11.0. The average Bonchev–Trinajstić information content (AvgIpc) is 2.76. The normalized spacial score (nSPS) is 13.2. The van der Waals surface area contributed by atoms with Gasteiger partial charge < -0.3 is 14.2 Å². The Hall–Kier alpha value is -0.880. The van der Waals surface area contributed by atoms with Crippen LogP contribution in [0.4, 0.5) is 0 Å².